The molecule has 0 bridgehead atoms. The second-order valence-electron chi connectivity index (χ2n) is 5.07. The highest BCUT2D eigenvalue weighted by Gasteiger charge is 2.26. The third-order valence-corrected chi connectivity index (χ3v) is 5.36. The maximum Gasteiger partial charge on any atom is 0.325 e. The van der Waals surface area contributed by atoms with Crippen LogP contribution >= 0.6 is 0 Å². The van der Waals surface area contributed by atoms with Gasteiger partial charge in [-0.25, -0.2) is 8.42 Å². The van der Waals surface area contributed by atoms with E-state index in [1.165, 1.54) is 35.5 Å². The van der Waals surface area contributed by atoms with Gasteiger partial charge in [-0.2, -0.15) is 4.31 Å². The first-order valence-corrected chi connectivity index (χ1v) is 8.48. The van der Waals surface area contributed by atoms with Crippen molar-refractivity contribution < 1.29 is 27.9 Å². The Morgan fingerprint density at radius 3 is 2.30 bits per heavy atom. The molecule has 1 atom stereocenters. The molecule has 1 aromatic rings. The van der Waals surface area contributed by atoms with E-state index in [0.29, 0.717) is 26.3 Å². The van der Waals surface area contributed by atoms with Crippen molar-refractivity contribution in [3.05, 3.63) is 29.8 Å². The minimum atomic E-state index is -3.61. The Labute approximate surface area is 134 Å². The Bertz CT molecular complexity index is 680. The summed E-state index contributed by atoms with van der Waals surface area (Å²) in [5.74, 6) is -1.72. The topological polar surface area (TPSA) is 113 Å². The van der Waals surface area contributed by atoms with Crippen LogP contribution in [0.2, 0.25) is 0 Å². The van der Waals surface area contributed by atoms with E-state index in [2.05, 4.69) is 5.32 Å². The molecule has 1 amide bonds. The van der Waals surface area contributed by atoms with Gasteiger partial charge in [0.25, 0.3) is 5.91 Å². The van der Waals surface area contributed by atoms with E-state index in [9.17, 15) is 18.0 Å². The summed E-state index contributed by atoms with van der Waals surface area (Å²) in [6.07, 6.45) is 0. The molecule has 0 aliphatic carbocycles. The Hall–Kier alpha value is -1.97. The molecule has 126 valence electrons. The van der Waals surface area contributed by atoms with E-state index in [0.717, 1.165) is 0 Å². The van der Waals surface area contributed by atoms with E-state index < -0.39 is 27.9 Å². The van der Waals surface area contributed by atoms with E-state index in [4.69, 9.17) is 9.84 Å². The molecular formula is C14H18N2O6S. The predicted octanol–water partition coefficient (Wildman–Crippen LogP) is -0.0896. The Morgan fingerprint density at radius 2 is 1.78 bits per heavy atom. The van der Waals surface area contributed by atoms with Gasteiger partial charge >= 0.3 is 5.97 Å². The SMILES string of the molecule is CC(NC(=O)c1ccc(S(=O)(=O)N2CCOCC2)cc1)C(=O)O. The number of nitrogens with zero attached hydrogens (tertiary/aromatic N) is 1. The summed E-state index contributed by atoms with van der Waals surface area (Å²) in [4.78, 5) is 22.7. The number of amides is 1. The molecule has 8 nitrogen and oxygen atoms in total. The second kappa shape index (κ2) is 7.07. The van der Waals surface area contributed by atoms with Crippen LogP contribution in [0.3, 0.4) is 0 Å². The molecule has 1 saturated heterocycles. The molecular weight excluding hydrogens is 324 g/mol. The van der Waals surface area contributed by atoms with Crippen LogP contribution < -0.4 is 5.32 Å². The normalized spacial score (nSPS) is 17.4. The number of benzene rings is 1. The standard InChI is InChI=1S/C14H18N2O6S/c1-10(14(18)19)15-13(17)11-2-4-12(5-3-11)23(20,21)16-6-8-22-9-7-16/h2-5,10H,6-9H2,1H3,(H,15,17)(H,18,19). The second-order valence-corrected chi connectivity index (χ2v) is 7.01. The predicted molar refractivity (Wildman–Crippen MR) is 80.6 cm³/mol. The number of aliphatic carboxylic acids is 1. The zero-order valence-corrected chi connectivity index (χ0v) is 13.4. The van der Waals surface area contributed by atoms with Gasteiger partial charge in [-0.05, 0) is 31.2 Å². The molecule has 1 aliphatic heterocycles. The highest BCUT2D eigenvalue weighted by molar-refractivity contribution is 7.89. The molecule has 2 rings (SSSR count). The van der Waals surface area contributed by atoms with Gasteiger partial charge in [-0.3, -0.25) is 9.59 Å². The van der Waals surface area contributed by atoms with E-state index >= 15 is 0 Å². The van der Waals surface area contributed by atoms with Gasteiger partial charge in [0, 0.05) is 18.7 Å². The molecule has 23 heavy (non-hydrogen) atoms. The highest BCUT2D eigenvalue weighted by atomic mass is 32.2. The monoisotopic (exact) mass is 342 g/mol. The zero-order valence-electron chi connectivity index (χ0n) is 12.6. The van der Waals surface area contributed by atoms with Crippen LogP contribution in [0.25, 0.3) is 0 Å². The van der Waals surface area contributed by atoms with Gasteiger partial charge in [0.05, 0.1) is 18.1 Å². The first-order chi connectivity index (χ1) is 10.8. The number of hydrogen-bond donors (Lipinski definition) is 2. The fraction of sp³-hybridized carbons (Fsp3) is 0.429. The number of hydrogen-bond acceptors (Lipinski definition) is 5. The Morgan fingerprint density at radius 1 is 1.22 bits per heavy atom. The van der Waals surface area contributed by atoms with Crippen molar-refractivity contribution in [2.45, 2.75) is 17.9 Å². The summed E-state index contributed by atoms with van der Waals surface area (Å²) in [5.41, 5.74) is 0.194. The van der Waals surface area contributed by atoms with E-state index in [1.54, 1.807) is 0 Å². The number of rotatable bonds is 5. The number of carboxylic acid groups (broad SMARTS) is 1. The summed E-state index contributed by atoms with van der Waals surface area (Å²) in [5, 5.41) is 11.1. The molecule has 1 aromatic carbocycles. The van der Waals surface area contributed by atoms with Crippen molar-refractivity contribution in [3.63, 3.8) is 0 Å². The average molecular weight is 342 g/mol. The number of carboxylic acids is 1. The number of ether oxygens (including phenoxy) is 1. The lowest BCUT2D eigenvalue weighted by molar-refractivity contribution is -0.138. The zero-order chi connectivity index (χ0) is 17.0. The summed E-state index contributed by atoms with van der Waals surface area (Å²) in [6.45, 7) is 2.64. The lowest BCUT2D eigenvalue weighted by Crippen LogP contribution is -2.40. The summed E-state index contributed by atoms with van der Waals surface area (Å²) < 4.78 is 31.3. The molecule has 1 unspecified atom stereocenters. The molecule has 0 radical (unpaired) electrons. The van der Waals surface area contributed by atoms with Gasteiger partial charge in [0.1, 0.15) is 6.04 Å². The lowest BCUT2D eigenvalue weighted by atomic mass is 10.2. The maximum absolute atomic E-state index is 12.4. The molecule has 0 saturated carbocycles. The maximum atomic E-state index is 12.4. The van der Waals surface area contributed by atoms with Gasteiger partial charge in [-0.1, -0.05) is 0 Å². The smallest absolute Gasteiger partial charge is 0.325 e. The van der Waals surface area contributed by atoms with E-state index in [-0.39, 0.29) is 10.5 Å². The first-order valence-electron chi connectivity index (χ1n) is 7.04. The van der Waals surface area contributed by atoms with Crippen LogP contribution in [-0.2, 0) is 19.6 Å². The van der Waals surface area contributed by atoms with Gasteiger partial charge in [-0.15, -0.1) is 0 Å². The summed E-state index contributed by atoms with van der Waals surface area (Å²) >= 11 is 0. The quantitative estimate of drug-likeness (QED) is 0.773. The van der Waals surface area contributed by atoms with Gasteiger partial charge in [0.15, 0.2) is 0 Å². The molecule has 9 heteroatoms. The first kappa shape index (κ1) is 17.4. The Kier molecular flexibility index (Phi) is 5.34. The number of sulfonamides is 1. The fourth-order valence-electron chi connectivity index (χ4n) is 2.06. The van der Waals surface area contributed by atoms with Crippen LogP contribution in [0.1, 0.15) is 17.3 Å². The summed E-state index contributed by atoms with van der Waals surface area (Å²) in [7, 11) is -3.61. The van der Waals surface area contributed by atoms with Crippen molar-refractivity contribution >= 4 is 21.9 Å². The molecule has 0 aromatic heterocycles. The minimum Gasteiger partial charge on any atom is -0.480 e. The molecule has 1 aliphatic rings. The average Bonchev–Trinajstić information content (AvgIpc) is 2.55. The third-order valence-electron chi connectivity index (χ3n) is 3.44. The Balaban J connectivity index is 2.12. The van der Waals surface area contributed by atoms with Crippen molar-refractivity contribution in [1.82, 2.24) is 9.62 Å². The van der Waals surface area contributed by atoms with Crippen LogP contribution in [-0.4, -0.2) is 62.1 Å². The van der Waals surface area contributed by atoms with Crippen molar-refractivity contribution in [2.75, 3.05) is 26.3 Å². The number of carbonyl (C=O) groups is 2. The molecule has 1 fully saturated rings. The molecule has 2 N–H and O–H groups in total. The largest absolute Gasteiger partial charge is 0.480 e. The van der Waals surface area contributed by atoms with E-state index in [1.807, 2.05) is 0 Å². The molecule has 0 spiro atoms. The van der Waals surface area contributed by atoms with Gasteiger partial charge < -0.3 is 15.2 Å². The number of nitrogens with one attached hydrogen (secondary N) is 1. The van der Waals surface area contributed by atoms with Crippen LogP contribution in [0, 0.1) is 0 Å². The van der Waals surface area contributed by atoms with Crippen molar-refractivity contribution in [1.29, 1.82) is 0 Å². The fourth-order valence-corrected chi connectivity index (χ4v) is 3.46. The third kappa shape index (κ3) is 4.06. The molecule has 1 heterocycles. The van der Waals surface area contributed by atoms with Crippen LogP contribution in [0.4, 0.5) is 0 Å². The van der Waals surface area contributed by atoms with Gasteiger partial charge in [0.2, 0.25) is 10.0 Å². The van der Waals surface area contributed by atoms with Crippen molar-refractivity contribution in [3.8, 4) is 0 Å². The number of morpholine rings is 1. The van der Waals surface area contributed by atoms with Crippen molar-refractivity contribution in [2.24, 2.45) is 0 Å². The minimum absolute atomic E-state index is 0.0854. The summed E-state index contributed by atoms with van der Waals surface area (Å²) in [6, 6.07) is 4.37. The number of carbonyl (C=O) groups excluding carboxylic acids is 1. The van der Waals surface area contributed by atoms with Crippen LogP contribution in [0.15, 0.2) is 29.2 Å². The highest BCUT2D eigenvalue weighted by Crippen LogP contribution is 2.17. The lowest BCUT2D eigenvalue weighted by Gasteiger charge is -2.26. The van der Waals surface area contributed by atoms with Crippen LogP contribution in [0.5, 0.6) is 0 Å².